The van der Waals surface area contributed by atoms with E-state index in [1.807, 2.05) is 12.2 Å². The quantitative estimate of drug-likeness (QED) is 0.276. The Morgan fingerprint density at radius 3 is 1.92 bits per heavy atom. The minimum Gasteiger partial charge on any atom is -1.00 e. The average Bonchev–Trinajstić information content (AvgIpc) is 3.60. The summed E-state index contributed by atoms with van der Waals surface area (Å²) in [5, 5.41) is 0. The number of allylic oxidation sites excluding steroid dienone is 4. The number of benzene rings is 4. The SMILES string of the molecule is C=Cc1ccc2c(c1)-c1cc(C=C)c[c]([Zr+2]([C]3=CC=CC3)=[C](c3ccccc3)c3ccccc3)c1C2.[Cl-].[Cl-]. The van der Waals surface area contributed by atoms with Gasteiger partial charge in [0, 0.05) is 0 Å². The first-order chi connectivity index (χ1) is 17.8. The van der Waals surface area contributed by atoms with Gasteiger partial charge in [-0.1, -0.05) is 0 Å². The normalized spacial score (nSPS) is 12.1. The van der Waals surface area contributed by atoms with Crippen molar-refractivity contribution in [2.45, 2.75) is 12.8 Å². The molecule has 0 aliphatic heterocycles. The largest absolute Gasteiger partial charge is 1.00 e. The average molecular weight is 611 g/mol. The first-order valence-corrected chi connectivity index (χ1v) is 16.2. The Balaban J connectivity index is 0.00000168. The van der Waals surface area contributed by atoms with Gasteiger partial charge in [-0.15, -0.1) is 0 Å². The second kappa shape index (κ2) is 12.4. The van der Waals surface area contributed by atoms with E-state index in [0.717, 1.165) is 12.8 Å². The first-order valence-electron chi connectivity index (χ1n) is 12.5. The fourth-order valence-electron chi connectivity index (χ4n) is 5.55. The number of halogens is 2. The summed E-state index contributed by atoms with van der Waals surface area (Å²) in [6, 6.07) is 33.8. The molecule has 2 aliphatic carbocycles. The Morgan fingerprint density at radius 1 is 0.711 bits per heavy atom. The molecule has 0 saturated heterocycles. The molecule has 0 amide bonds. The van der Waals surface area contributed by atoms with Gasteiger partial charge in [-0.2, -0.15) is 0 Å². The van der Waals surface area contributed by atoms with Crippen LogP contribution < -0.4 is 28.1 Å². The van der Waals surface area contributed by atoms with Crippen molar-refractivity contribution in [1.82, 2.24) is 0 Å². The maximum atomic E-state index is 4.18. The third-order valence-electron chi connectivity index (χ3n) is 7.27. The van der Waals surface area contributed by atoms with E-state index in [4.69, 9.17) is 0 Å². The zero-order valence-corrected chi connectivity index (χ0v) is 25.1. The molecule has 0 saturated carbocycles. The summed E-state index contributed by atoms with van der Waals surface area (Å²) in [6.45, 7) is 8.19. The summed E-state index contributed by atoms with van der Waals surface area (Å²) >= 11 is -2.61. The molecular weight excluding hydrogens is 583 g/mol. The van der Waals surface area contributed by atoms with Gasteiger partial charge in [0.2, 0.25) is 0 Å². The number of hydrogen-bond donors (Lipinski definition) is 0. The van der Waals surface area contributed by atoms with Crippen molar-refractivity contribution in [3.05, 3.63) is 159 Å². The van der Waals surface area contributed by atoms with Crippen LogP contribution in [0, 0.1) is 0 Å². The summed E-state index contributed by atoms with van der Waals surface area (Å²) in [4.78, 5) is 0. The van der Waals surface area contributed by atoms with Crippen LogP contribution in [-0.2, 0) is 27.7 Å². The molecule has 2 aliphatic rings. The van der Waals surface area contributed by atoms with Crippen molar-refractivity contribution < 1.29 is 46.1 Å². The third kappa shape index (κ3) is 5.21. The molecule has 3 heteroatoms. The number of rotatable bonds is 6. The van der Waals surface area contributed by atoms with Gasteiger partial charge in [-0.25, -0.2) is 0 Å². The Labute approximate surface area is 246 Å². The molecule has 0 heterocycles. The molecule has 6 rings (SSSR count). The number of fused-ring (bicyclic) bond motifs is 3. The summed E-state index contributed by atoms with van der Waals surface area (Å²) in [5.41, 5.74) is 10.8. The van der Waals surface area contributed by atoms with Gasteiger partial charge >= 0.3 is 223 Å². The Kier molecular flexibility index (Phi) is 9.16. The monoisotopic (exact) mass is 608 g/mol. The minimum atomic E-state index is -2.61. The van der Waals surface area contributed by atoms with Gasteiger partial charge < -0.3 is 24.8 Å². The second-order valence-corrected chi connectivity index (χ2v) is 15.4. The van der Waals surface area contributed by atoms with Crippen LogP contribution in [0.25, 0.3) is 23.3 Å². The van der Waals surface area contributed by atoms with Crippen molar-refractivity contribution in [2.24, 2.45) is 0 Å². The van der Waals surface area contributed by atoms with Gasteiger partial charge in [0.05, 0.1) is 0 Å². The van der Waals surface area contributed by atoms with Crippen molar-refractivity contribution in [3.8, 4) is 11.1 Å². The van der Waals surface area contributed by atoms with E-state index in [-0.39, 0.29) is 24.8 Å². The molecule has 0 atom stereocenters. The number of hydrogen-bond acceptors (Lipinski definition) is 0. The molecule has 0 fully saturated rings. The molecule has 186 valence electrons. The van der Waals surface area contributed by atoms with E-state index in [0.29, 0.717) is 0 Å². The van der Waals surface area contributed by atoms with Gasteiger partial charge in [0.1, 0.15) is 0 Å². The van der Waals surface area contributed by atoms with E-state index < -0.39 is 21.3 Å². The summed E-state index contributed by atoms with van der Waals surface area (Å²) < 4.78 is 4.77. The summed E-state index contributed by atoms with van der Waals surface area (Å²) in [5.74, 6) is 0. The van der Waals surface area contributed by atoms with Crippen LogP contribution in [0.3, 0.4) is 0 Å². The summed E-state index contributed by atoms with van der Waals surface area (Å²) in [7, 11) is 0. The maximum absolute atomic E-state index is 4.18. The van der Waals surface area contributed by atoms with Crippen LogP contribution in [0.1, 0.15) is 39.8 Å². The third-order valence-corrected chi connectivity index (χ3v) is 14.8. The van der Waals surface area contributed by atoms with Crippen LogP contribution in [0.15, 0.2) is 126 Å². The van der Waals surface area contributed by atoms with Gasteiger partial charge in [-0.05, 0) is 0 Å². The topological polar surface area (TPSA) is 0 Å². The van der Waals surface area contributed by atoms with E-state index in [9.17, 15) is 0 Å². The Morgan fingerprint density at radius 2 is 1.34 bits per heavy atom. The molecule has 4 aromatic rings. The predicted octanol–water partition coefficient (Wildman–Crippen LogP) is 1.91. The van der Waals surface area contributed by atoms with Crippen molar-refractivity contribution >= 4 is 18.6 Å². The molecule has 0 unspecified atom stereocenters. The predicted molar refractivity (Wildman–Crippen MR) is 152 cm³/mol. The van der Waals surface area contributed by atoms with E-state index in [1.54, 1.807) is 9.76 Å². The molecule has 0 N–H and O–H groups in total. The minimum absolute atomic E-state index is 0. The van der Waals surface area contributed by atoms with E-state index in [2.05, 4.69) is 122 Å². The first kappa shape index (κ1) is 28.2. The van der Waals surface area contributed by atoms with Crippen LogP contribution in [0.5, 0.6) is 0 Å². The Hall–Kier alpha value is -2.83. The van der Waals surface area contributed by atoms with Crippen LogP contribution >= 0.6 is 0 Å². The fourth-order valence-corrected chi connectivity index (χ4v) is 13.6. The van der Waals surface area contributed by atoms with Crippen LogP contribution in [-0.4, -0.2) is 3.21 Å². The summed E-state index contributed by atoms with van der Waals surface area (Å²) in [6.07, 6.45) is 13.0. The van der Waals surface area contributed by atoms with Crippen molar-refractivity contribution in [3.63, 3.8) is 0 Å². The molecule has 38 heavy (non-hydrogen) atoms. The smallest absolute Gasteiger partial charge is 1.00 e. The Bertz CT molecular complexity index is 1550. The molecule has 0 aromatic heterocycles. The molecule has 0 spiro atoms. The maximum Gasteiger partial charge on any atom is -1.00 e. The zero-order chi connectivity index (χ0) is 24.5. The molecular formula is C35H28Cl2Zr. The van der Waals surface area contributed by atoms with Crippen molar-refractivity contribution in [2.75, 3.05) is 0 Å². The van der Waals surface area contributed by atoms with Crippen molar-refractivity contribution in [1.29, 1.82) is 0 Å². The van der Waals surface area contributed by atoms with Crippen LogP contribution in [0.2, 0.25) is 0 Å². The fraction of sp³-hybridized carbons (Fsp3) is 0.0571. The molecule has 0 nitrogen and oxygen atoms in total. The standard InChI is InChI=1S/C17H13.C13H10.C5H5.2ClH.Zr/c1-3-12-5-7-14-11-15-8-6-13(4-2)10-17(15)16(14)9-12;1-3-7-12(8-4-1)11-13-9-5-2-6-10-13;1-2-4-5-3-1;;;/h3-7,9-10H,1-2,11H2;1-10H;1-3H,4H2;2*1H;/q;;;;;+2/p-2. The second-order valence-electron chi connectivity index (χ2n) is 9.40. The zero-order valence-electron chi connectivity index (χ0n) is 21.1. The van der Waals surface area contributed by atoms with Crippen LogP contribution in [0.4, 0.5) is 0 Å². The molecule has 4 aromatic carbocycles. The van der Waals surface area contributed by atoms with E-state index in [1.165, 1.54) is 44.5 Å². The molecule has 0 radical (unpaired) electrons. The van der Waals surface area contributed by atoms with Gasteiger partial charge in [0.25, 0.3) is 0 Å². The van der Waals surface area contributed by atoms with E-state index >= 15 is 0 Å². The van der Waals surface area contributed by atoms with Gasteiger partial charge in [0.15, 0.2) is 0 Å². The van der Waals surface area contributed by atoms with Gasteiger partial charge in [-0.3, -0.25) is 0 Å². The molecule has 0 bridgehead atoms.